The summed E-state index contributed by atoms with van der Waals surface area (Å²) in [5.74, 6) is 0.177. The molecule has 84 valence electrons. The lowest BCUT2D eigenvalue weighted by Gasteiger charge is -2.11. The molecule has 3 nitrogen and oxygen atoms in total. The molecule has 0 amide bonds. The summed E-state index contributed by atoms with van der Waals surface area (Å²) in [6.45, 7) is 4.03. The predicted octanol–water partition coefficient (Wildman–Crippen LogP) is 3.49. The van der Waals surface area contributed by atoms with Gasteiger partial charge in [-0.25, -0.2) is 0 Å². The third kappa shape index (κ3) is 1.91. The van der Waals surface area contributed by atoms with E-state index < -0.39 is 0 Å². The van der Waals surface area contributed by atoms with Crippen molar-refractivity contribution in [1.82, 2.24) is 9.78 Å². The molecule has 2 aromatic rings. The Morgan fingerprint density at radius 3 is 2.75 bits per heavy atom. The maximum absolute atomic E-state index is 9.80. The molecule has 2 rings (SSSR count). The fraction of sp³-hybridized carbons (Fsp3) is 0.250. The number of hydrogen-bond donors (Lipinski definition) is 1. The smallest absolute Gasteiger partial charge is 0.161 e. The SMILES string of the molecule is CC(C)n1ncc(O)c1-c1cccc(Cl)c1. The summed E-state index contributed by atoms with van der Waals surface area (Å²) in [7, 11) is 0. The maximum Gasteiger partial charge on any atom is 0.161 e. The Hall–Kier alpha value is -1.48. The van der Waals surface area contributed by atoms with Gasteiger partial charge in [-0.3, -0.25) is 4.68 Å². The van der Waals surface area contributed by atoms with Gasteiger partial charge < -0.3 is 5.11 Å². The first-order chi connectivity index (χ1) is 7.59. The second-order valence-corrected chi connectivity index (χ2v) is 4.36. The van der Waals surface area contributed by atoms with Gasteiger partial charge in [0.05, 0.1) is 6.20 Å². The Balaban J connectivity index is 2.59. The van der Waals surface area contributed by atoms with Gasteiger partial charge in [-0.2, -0.15) is 5.10 Å². The van der Waals surface area contributed by atoms with Crippen molar-refractivity contribution in [2.24, 2.45) is 0 Å². The van der Waals surface area contributed by atoms with E-state index in [9.17, 15) is 5.11 Å². The molecule has 0 aliphatic rings. The Morgan fingerprint density at radius 2 is 2.12 bits per heavy atom. The van der Waals surface area contributed by atoms with Crippen molar-refractivity contribution in [3.05, 3.63) is 35.5 Å². The number of rotatable bonds is 2. The molecule has 1 N–H and O–H groups in total. The summed E-state index contributed by atoms with van der Waals surface area (Å²) >= 11 is 5.93. The van der Waals surface area contributed by atoms with Crippen LogP contribution >= 0.6 is 11.6 Å². The first kappa shape index (κ1) is 11.0. The number of hydrogen-bond acceptors (Lipinski definition) is 2. The van der Waals surface area contributed by atoms with Gasteiger partial charge in [0.25, 0.3) is 0 Å². The van der Waals surface area contributed by atoms with Crippen LogP contribution in [0.5, 0.6) is 5.75 Å². The molecule has 0 fully saturated rings. The Morgan fingerprint density at radius 1 is 1.38 bits per heavy atom. The molecule has 16 heavy (non-hydrogen) atoms. The second kappa shape index (κ2) is 4.18. The maximum atomic E-state index is 9.80. The molecule has 1 aromatic heterocycles. The molecule has 0 atom stereocenters. The molecule has 1 aromatic carbocycles. The highest BCUT2D eigenvalue weighted by atomic mass is 35.5. The average Bonchev–Trinajstić information content (AvgIpc) is 2.60. The second-order valence-electron chi connectivity index (χ2n) is 3.93. The minimum atomic E-state index is 0.177. The minimum absolute atomic E-state index is 0.177. The van der Waals surface area contributed by atoms with Crippen molar-refractivity contribution in [2.45, 2.75) is 19.9 Å². The van der Waals surface area contributed by atoms with Gasteiger partial charge >= 0.3 is 0 Å². The zero-order valence-corrected chi connectivity index (χ0v) is 9.94. The first-order valence-corrected chi connectivity index (χ1v) is 5.50. The topological polar surface area (TPSA) is 38.0 Å². The Bertz CT molecular complexity index is 505. The van der Waals surface area contributed by atoms with Crippen LogP contribution in [0, 0.1) is 0 Å². The Kier molecular flexibility index (Phi) is 2.88. The van der Waals surface area contributed by atoms with Crippen LogP contribution in [-0.2, 0) is 0 Å². The van der Waals surface area contributed by atoms with Crippen molar-refractivity contribution in [1.29, 1.82) is 0 Å². The van der Waals surface area contributed by atoms with E-state index in [-0.39, 0.29) is 11.8 Å². The monoisotopic (exact) mass is 236 g/mol. The molecule has 0 aliphatic carbocycles. The molecule has 0 radical (unpaired) electrons. The lowest BCUT2D eigenvalue weighted by Crippen LogP contribution is -2.04. The number of aromatic nitrogens is 2. The molecule has 0 bridgehead atoms. The Labute approximate surface area is 99.3 Å². The van der Waals surface area contributed by atoms with E-state index in [1.54, 1.807) is 10.7 Å². The summed E-state index contributed by atoms with van der Waals surface area (Å²) in [4.78, 5) is 0. The summed E-state index contributed by atoms with van der Waals surface area (Å²) in [6, 6.07) is 7.57. The normalized spacial score (nSPS) is 11.0. The molecule has 0 saturated carbocycles. The van der Waals surface area contributed by atoms with E-state index in [0.29, 0.717) is 10.7 Å². The minimum Gasteiger partial charge on any atom is -0.504 e. The third-order valence-electron chi connectivity index (χ3n) is 2.36. The molecular formula is C12H13ClN2O. The van der Waals surface area contributed by atoms with Gasteiger partial charge in [0.2, 0.25) is 0 Å². The van der Waals surface area contributed by atoms with Crippen LogP contribution in [0.3, 0.4) is 0 Å². The van der Waals surface area contributed by atoms with Gasteiger partial charge in [-0.05, 0) is 26.0 Å². The van der Waals surface area contributed by atoms with Gasteiger partial charge in [0, 0.05) is 16.6 Å². The fourth-order valence-corrected chi connectivity index (χ4v) is 1.85. The molecule has 0 aliphatic heterocycles. The number of nitrogens with zero attached hydrogens (tertiary/aromatic N) is 2. The lowest BCUT2D eigenvalue weighted by atomic mass is 10.1. The third-order valence-corrected chi connectivity index (χ3v) is 2.60. The largest absolute Gasteiger partial charge is 0.504 e. The standard InChI is InChI=1S/C12H13ClN2O/c1-8(2)15-12(11(16)7-14-15)9-4-3-5-10(13)6-9/h3-8,16H,1-2H3. The molecular weight excluding hydrogens is 224 g/mol. The highest BCUT2D eigenvalue weighted by Crippen LogP contribution is 2.32. The molecule has 0 unspecified atom stereocenters. The van der Waals surface area contributed by atoms with E-state index in [2.05, 4.69) is 5.10 Å². The molecule has 0 spiro atoms. The number of aromatic hydroxyl groups is 1. The summed E-state index contributed by atoms with van der Waals surface area (Å²) in [6.07, 6.45) is 1.45. The van der Waals surface area contributed by atoms with Crippen LogP contribution in [0.4, 0.5) is 0 Å². The average molecular weight is 237 g/mol. The van der Waals surface area contributed by atoms with Crippen LogP contribution in [0.15, 0.2) is 30.5 Å². The van der Waals surface area contributed by atoms with Crippen molar-refractivity contribution in [3.8, 4) is 17.0 Å². The lowest BCUT2D eigenvalue weighted by molar-refractivity contribution is 0.473. The van der Waals surface area contributed by atoms with Gasteiger partial charge in [0.15, 0.2) is 5.75 Å². The van der Waals surface area contributed by atoms with E-state index in [1.165, 1.54) is 6.20 Å². The van der Waals surface area contributed by atoms with Crippen molar-refractivity contribution >= 4 is 11.6 Å². The van der Waals surface area contributed by atoms with Crippen LogP contribution in [0.25, 0.3) is 11.3 Å². The highest BCUT2D eigenvalue weighted by molar-refractivity contribution is 6.30. The highest BCUT2D eigenvalue weighted by Gasteiger charge is 2.14. The van der Waals surface area contributed by atoms with Gasteiger partial charge in [0.1, 0.15) is 5.69 Å². The van der Waals surface area contributed by atoms with Crippen molar-refractivity contribution < 1.29 is 5.11 Å². The summed E-state index contributed by atoms with van der Waals surface area (Å²) in [5.41, 5.74) is 1.58. The van der Waals surface area contributed by atoms with Crippen LogP contribution < -0.4 is 0 Å². The van der Waals surface area contributed by atoms with E-state index >= 15 is 0 Å². The fourth-order valence-electron chi connectivity index (χ4n) is 1.66. The zero-order chi connectivity index (χ0) is 11.7. The summed E-state index contributed by atoms with van der Waals surface area (Å²) in [5, 5.41) is 14.6. The van der Waals surface area contributed by atoms with Crippen LogP contribution in [0.1, 0.15) is 19.9 Å². The van der Waals surface area contributed by atoms with Gasteiger partial charge in [-0.15, -0.1) is 0 Å². The zero-order valence-electron chi connectivity index (χ0n) is 9.18. The molecule has 4 heteroatoms. The van der Waals surface area contributed by atoms with E-state index in [1.807, 2.05) is 32.0 Å². The quantitative estimate of drug-likeness (QED) is 0.867. The molecule has 1 heterocycles. The summed E-state index contributed by atoms with van der Waals surface area (Å²) < 4.78 is 1.78. The number of benzene rings is 1. The van der Waals surface area contributed by atoms with Crippen molar-refractivity contribution in [3.63, 3.8) is 0 Å². The van der Waals surface area contributed by atoms with E-state index in [4.69, 9.17) is 11.6 Å². The van der Waals surface area contributed by atoms with Crippen LogP contribution in [0.2, 0.25) is 5.02 Å². The first-order valence-electron chi connectivity index (χ1n) is 5.12. The molecule has 0 saturated heterocycles. The van der Waals surface area contributed by atoms with Crippen molar-refractivity contribution in [2.75, 3.05) is 0 Å². The van der Waals surface area contributed by atoms with E-state index in [0.717, 1.165) is 5.56 Å². The van der Waals surface area contributed by atoms with Crippen LogP contribution in [-0.4, -0.2) is 14.9 Å². The van der Waals surface area contributed by atoms with Gasteiger partial charge in [-0.1, -0.05) is 23.7 Å². The predicted molar refractivity (Wildman–Crippen MR) is 64.7 cm³/mol. The number of halogens is 1.